The smallest absolute Gasteiger partial charge is 0.222 e. The van der Waals surface area contributed by atoms with Crippen molar-refractivity contribution in [2.75, 3.05) is 52.7 Å². The third-order valence-electron chi connectivity index (χ3n) is 6.76. The highest BCUT2D eigenvalue weighted by molar-refractivity contribution is 7.15. The van der Waals surface area contributed by atoms with Crippen molar-refractivity contribution in [1.82, 2.24) is 20.1 Å². The lowest BCUT2D eigenvalue weighted by molar-refractivity contribution is -0.121. The van der Waals surface area contributed by atoms with Crippen molar-refractivity contribution < 1.29 is 19.0 Å². The molecule has 42 heavy (non-hydrogen) atoms. The molecule has 0 radical (unpaired) electrons. The second-order valence-corrected chi connectivity index (χ2v) is 11.4. The largest absolute Gasteiger partial charge is 0.379 e. The number of rotatable bonds is 16. The SMILES string of the molecule is Cc1sc2c(c1C)C(c1ccc(Cl)cc1)=N[C@@H](CC(=O)NCCCOCCOCCOCCCN)c1nnc(C)n1-2.Cl. The van der Waals surface area contributed by atoms with Gasteiger partial charge in [-0.15, -0.1) is 33.9 Å². The zero-order chi connectivity index (χ0) is 29.2. The summed E-state index contributed by atoms with van der Waals surface area (Å²) in [4.78, 5) is 19.4. The minimum absolute atomic E-state index is 0. The van der Waals surface area contributed by atoms with E-state index >= 15 is 0 Å². The molecule has 0 spiro atoms. The van der Waals surface area contributed by atoms with Gasteiger partial charge < -0.3 is 25.3 Å². The number of aromatic nitrogens is 3. The minimum atomic E-state index is -0.492. The maximum Gasteiger partial charge on any atom is 0.222 e. The van der Waals surface area contributed by atoms with Crippen molar-refractivity contribution >= 4 is 47.0 Å². The number of carbonyl (C=O) groups excluding carboxylic acids is 1. The summed E-state index contributed by atoms with van der Waals surface area (Å²) in [5.41, 5.74) is 9.40. The fourth-order valence-electron chi connectivity index (χ4n) is 4.51. The van der Waals surface area contributed by atoms with Gasteiger partial charge in [0.05, 0.1) is 38.6 Å². The van der Waals surface area contributed by atoms with Crippen LogP contribution in [0, 0.1) is 20.8 Å². The van der Waals surface area contributed by atoms with E-state index in [0.29, 0.717) is 70.0 Å². The van der Waals surface area contributed by atoms with Crippen molar-refractivity contribution in [2.24, 2.45) is 10.7 Å². The molecule has 1 aliphatic rings. The van der Waals surface area contributed by atoms with Crippen LogP contribution in [0.5, 0.6) is 0 Å². The first-order valence-corrected chi connectivity index (χ1v) is 15.2. The summed E-state index contributed by atoms with van der Waals surface area (Å²) in [5, 5.41) is 13.5. The molecule has 4 rings (SSSR count). The highest BCUT2D eigenvalue weighted by Gasteiger charge is 2.32. The van der Waals surface area contributed by atoms with Gasteiger partial charge in [-0.1, -0.05) is 23.7 Å². The molecule has 10 nitrogen and oxygen atoms in total. The van der Waals surface area contributed by atoms with Gasteiger partial charge in [0.1, 0.15) is 16.9 Å². The second-order valence-electron chi connectivity index (χ2n) is 9.79. The van der Waals surface area contributed by atoms with Crippen LogP contribution >= 0.6 is 35.3 Å². The lowest BCUT2D eigenvalue weighted by Crippen LogP contribution is -2.27. The van der Waals surface area contributed by atoms with Gasteiger partial charge in [-0.05, 0) is 57.9 Å². The number of nitrogens with one attached hydrogen (secondary N) is 1. The molecule has 2 aromatic heterocycles. The van der Waals surface area contributed by atoms with Crippen molar-refractivity contribution in [3.63, 3.8) is 0 Å². The van der Waals surface area contributed by atoms with Gasteiger partial charge in [-0.25, -0.2) is 0 Å². The lowest BCUT2D eigenvalue weighted by atomic mass is 9.99. The van der Waals surface area contributed by atoms with E-state index in [1.807, 2.05) is 35.8 Å². The molecule has 3 heterocycles. The molecule has 1 atom stereocenters. The molecule has 0 fully saturated rings. The Labute approximate surface area is 262 Å². The van der Waals surface area contributed by atoms with Crippen molar-refractivity contribution in [3.05, 3.63) is 62.5 Å². The van der Waals surface area contributed by atoms with Crippen LogP contribution in [-0.4, -0.2) is 79.1 Å². The van der Waals surface area contributed by atoms with Gasteiger partial charge in [0.15, 0.2) is 5.82 Å². The van der Waals surface area contributed by atoms with Gasteiger partial charge in [0.2, 0.25) is 5.91 Å². The first-order valence-electron chi connectivity index (χ1n) is 14.0. The highest BCUT2D eigenvalue weighted by Crippen LogP contribution is 2.39. The van der Waals surface area contributed by atoms with E-state index in [4.69, 9.17) is 36.5 Å². The molecular formula is C29H40Cl2N6O4S. The number of hydrogen-bond acceptors (Lipinski definition) is 9. The van der Waals surface area contributed by atoms with E-state index in [9.17, 15) is 4.79 Å². The number of thiophene rings is 1. The number of nitrogens with two attached hydrogens (primary N) is 1. The molecule has 13 heteroatoms. The van der Waals surface area contributed by atoms with E-state index in [1.165, 1.54) is 4.88 Å². The maximum atomic E-state index is 13.0. The zero-order valence-corrected chi connectivity index (χ0v) is 26.7. The molecule has 230 valence electrons. The zero-order valence-electron chi connectivity index (χ0n) is 24.4. The Balaban J connectivity index is 0.00000484. The van der Waals surface area contributed by atoms with Crippen LogP contribution in [0.2, 0.25) is 5.02 Å². The summed E-state index contributed by atoms with van der Waals surface area (Å²) in [6.07, 6.45) is 1.71. The molecule has 0 aliphatic carbocycles. The summed E-state index contributed by atoms with van der Waals surface area (Å²) < 4.78 is 18.5. The summed E-state index contributed by atoms with van der Waals surface area (Å²) in [6.45, 7) is 10.6. The van der Waals surface area contributed by atoms with Crippen molar-refractivity contribution in [2.45, 2.75) is 46.1 Å². The molecule has 1 aromatic carbocycles. The number of aliphatic imine (C=N–C) groups is 1. The number of amides is 1. The lowest BCUT2D eigenvalue weighted by Gasteiger charge is -2.13. The number of halogens is 2. The van der Waals surface area contributed by atoms with Gasteiger partial charge in [-0.3, -0.25) is 14.4 Å². The molecule has 0 saturated heterocycles. The Morgan fingerprint density at radius 2 is 1.64 bits per heavy atom. The van der Waals surface area contributed by atoms with Crippen LogP contribution in [0.15, 0.2) is 29.3 Å². The number of fused-ring (bicyclic) bond motifs is 3. The van der Waals surface area contributed by atoms with E-state index in [0.717, 1.165) is 39.6 Å². The summed E-state index contributed by atoms with van der Waals surface area (Å²) in [5.74, 6) is 1.33. The molecule has 0 saturated carbocycles. The Kier molecular flexibility index (Phi) is 13.8. The van der Waals surface area contributed by atoms with E-state index in [2.05, 4.69) is 29.4 Å². The first kappa shape index (κ1) is 34.1. The van der Waals surface area contributed by atoms with Crippen molar-refractivity contribution in [3.8, 4) is 5.00 Å². The normalized spacial score (nSPS) is 14.0. The Morgan fingerprint density at radius 3 is 2.31 bits per heavy atom. The van der Waals surface area contributed by atoms with Crippen LogP contribution in [0.25, 0.3) is 5.00 Å². The molecule has 3 aromatic rings. The maximum absolute atomic E-state index is 13.0. The number of hydrogen-bond donors (Lipinski definition) is 2. The molecule has 0 bridgehead atoms. The van der Waals surface area contributed by atoms with Gasteiger partial charge >= 0.3 is 0 Å². The first-order chi connectivity index (χ1) is 19.9. The topological polar surface area (TPSA) is 126 Å². The molecule has 1 aliphatic heterocycles. The average Bonchev–Trinajstić information content (AvgIpc) is 3.43. The Hall–Kier alpha value is -2.38. The number of carbonyl (C=O) groups is 1. The Bertz CT molecular complexity index is 1330. The van der Waals surface area contributed by atoms with Gasteiger partial charge in [0, 0.05) is 40.8 Å². The van der Waals surface area contributed by atoms with Gasteiger partial charge in [0.25, 0.3) is 0 Å². The van der Waals surface area contributed by atoms with E-state index < -0.39 is 6.04 Å². The van der Waals surface area contributed by atoms with Crippen LogP contribution < -0.4 is 11.1 Å². The van der Waals surface area contributed by atoms with Crippen LogP contribution in [0.1, 0.15) is 58.5 Å². The molecular weight excluding hydrogens is 599 g/mol. The number of ether oxygens (including phenoxy) is 3. The standard InChI is InChI=1S/C29H39ClN6O4S.ClH/c1-19-20(2)41-29-26(19)27(22-6-8-23(30)9-7-22)33-24(28-35-34-21(3)36(28)29)18-25(37)32-11-5-13-39-15-17-40-16-14-38-12-4-10-31;/h6-9,24H,4-5,10-18,31H2,1-3H3,(H,32,37);1H/t24-;/m0./s1. The fraction of sp³-hybridized carbons (Fsp3) is 0.517. The number of benzene rings is 1. The highest BCUT2D eigenvalue weighted by atomic mass is 35.5. The van der Waals surface area contributed by atoms with Gasteiger partial charge in [-0.2, -0.15) is 0 Å². The second kappa shape index (κ2) is 17.0. The minimum Gasteiger partial charge on any atom is -0.379 e. The predicted octanol–water partition coefficient (Wildman–Crippen LogP) is 4.52. The fourth-order valence-corrected chi connectivity index (χ4v) is 5.85. The molecule has 1 amide bonds. The summed E-state index contributed by atoms with van der Waals surface area (Å²) in [6, 6.07) is 7.16. The number of nitrogens with zero attached hydrogens (tertiary/aromatic N) is 4. The molecule has 3 N–H and O–H groups in total. The number of aryl methyl sites for hydroxylation is 2. The third-order valence-corrected chi connectivity index (χ3v) is 8.20. The predicted molar refractivity (Wildman–Crippen MR) is 169 cm³/mol. The molecule has 0 unspecified atom stereocenters. The third kappa shape index (κ3) is 8.82. The van der Waals surface area contributed by atoms with Crippen LogP contribution in [0.4, 0.5) is 0 Å². The average molecular weight is 640 g/mol. The summed E-state index contributed by atoms with van der Waals surface area (Å²) in [7, 11) is 0. The quantitative estimate of drug-likeness (QED) is 0.221. The Morgan fingerprint density at radius 1 is 1.00 bits per heavy atom. The monoisotopic (exact) mass is 638 g/mol. The van der Waals surface area contributed by atoms with E-state index in [1.54, 1.807) is 11.3 Å². The van der Waals surface area contributed by atoms with Crippen molar-refractivity contribution in [1.29, 1.82) is 0 Å². The van der Waals surface area contributed by atoms with E-state index in [-0.39, 0.29) is 24.7 Å². The van der Waals surface area contributed by atoms with Crippen LogP contribution in [0.3, 0.4) is 0 Å². The van der Waals surface area contributed by atoms with Crippen LogP contribution in [-0.2, 0) is 19.0 Å². The summed E-state index contributed by atoms with van der Waals surface area (Å²) >= 11 is 7.87.